The Labute approximate surface area is 274 Å². The first-order valence-electron chi connectivity index (χ1n) is 18.7. The van der Waals surface area contributed by atoms with E-state index >= 15 is 0 Å². The summed E-state index contributed by atoms with van der Waals surface area (Å²) >= 11 is 0. The molecule has 2 aliphatic rings. The summed E-state index contributed by atoms with van der Waals surface area (Å²) in [7, 11) is 0. The molecular formula is C37H68O8. The summed E-state index contributed by atoms with van der Waals surface area (Å²) in [6.07, 6.45) is 20.3. The SMILES string of the molecule is CCCCCCC(O)CCC[C@H](O)[C@H]1CC[C@H]([C@H](O)CC[C@@H](O)[C@H](O)CCCCCCCCCCCCC2=C[C@H](C)OC2=O)O1. The number of carbonyl (C=O) groups is 1. The zero-order chi connectivity index (χ0) is 32.9. The molecular weight excluding hydrogens is 572 g/mol. The number of carbonyl (C=O) groups excluding carboxylic acids is 1. The Hall–Kier alpha value is -1.03. The van der Waals surface area contributed by atoms with Crippen molar-refractivity contribution in [1.82, 2.24) is 0 Å². The van der Waals surface area contributed by atoms with Crippen molar-refractivity contribution in [2.75, 3.05) is 0 Å². The fourth-order valence-electron chi connectivity index (χ4n) is 6.77. The van der Waals surface area contributed by atoms with Gasteiger partial charge in [-0.1, -0.05) is 90.4 Å². The van der Waals surface area contributed by atoms with Crippen LogP contribution in [0.5, 0.6) is 0 Å². The molecule has 2 aliphatic heterocycles. The number of hydrogen-bond donors (Lipinski definition) is 5. The monoisotopic (exact) mass is 640 g/mol. The Morgan fingerprint density at radius 3 is 1.76 bits per heavy atom. The molecule has 0 aromatic carbocycles. The lowest BCUT2D eigenvalue weighted by atomic mass is 9.97. The Morgan fingerprint density at radius 1 is 0.644 bits per heavy atom. The lowest BCUT2D eigenvalue weighted by Crippen LogP contribution is -2.33. The van der Waals surface area contributed by atoms with E-state index in [1.54, 1.807) is 0 Å². The summed E-state index contributed by atoms with van der Waals surface area (Å²) in [5.41, 5.74) is 0.842. The number of aliphatic hydroxyl groups is 5. The van der Waals surface area contributed by atoms with E-state index in [0.29, 0.717) is 44.9 Å². The van der Waals surface area contributed by atoms with Gasteiger partial charge in [-0.2, -0.15) is 0 Å². The van der Waals surface area contributed by atoms with E-state index < -0.39 is 24.4 Å². The zero-order valence-corrected chi connectivity index (χ0v) is 28.6. The van der Waals surface area contributed by atoms with Crippen molar-refractivity contribution in [2.45, 2.75) is 217 Å². The molecule has 8 atom stereocenters. The maximum absolute atomic E-state index is 11.6. The molecule has 0 amide bonds. The third-order valence-corrected chi connectivity index (χ3v) is 9.76. The fourth-order valence-corrected chi connectivity index (χ4v) is 6.77. The van der Waals surface area contributed by atoms with E-state index in [4.69, 9.17) is 9.47 Å². The van der Waals surface area contributed by atoms with Crippen molar-refractivity contribution >= 4 is 5.97 Å². The van der Waals surface area contributed by atoms with E-state index in [-0.39, 0.29) is 30.4 Å². The standard InChI is InChI=1S/C37H68O8/c1-3-4-5-15-19-30(38)20-17-22-33(41)35-25-26-36(45-35)34(42)24-23-32(40)31(39)21-16-13-11-9-7-6-8-10-12-14-18-29-27-28(2)44-37(29)43/h27-28,30-36,38-42H,3-26H2,1-2H3/t28-,30?,31+,32+,33-,34+,35+,36+/m0/s1. The van der Waals surface area contributed by atoms with Gasteiger partial charge < -0.3 is 35.0 Å². The van der Waals surface area contributed by atoms with Crippen molar-refractivity contribution in [3.8, 4) is 0 Å². The average molecular weight is 641 g/mol. The van der Waals surface area contributed by atoms with Gasteiger partial charge in [0.15, 0.2) is 0 Å². The van der Waals surface area contributed by atoms with Crippen LogP contribution < -0.4 is 0 Å². The number of cyclic esters (lactones) is 1. The molecule has 45 heavy (non-hydrogen) atoms. The smallest absolute Gasteiger partial charge is 0.334 e. The molecule has 0 spiro atoms. The molecule has 0 bridgehead atoms. The molecule has 1 fully saturated rings. The van der Waals surface area contributed by atoms with Crippen molar-refractivity contribution in [2.24, 2.45) is 0 Å². The predicted molar refractivity (Wildman–Crippen MR) is 179 cm³/mol. The number of ether oxygens (including phenoxy) is 2. The van der Waals surface area contributed by atoms with Crippen LogP contribution >= 0.6 is 0 Å². The molecule has 0 aromatic heterocycles. The van der Waals surface area contributed by atoms with Crippen LogP contribution in [0.3, 0.4) is 0 Å². The number of hydrogen-bond acceptors (Lipinski definition) is 8. The highest BCUT2D eigenvalue weighted by atomic mass is 16.5. The van der Waals surface area contributed by atoms with Crippen LogP contribution in [0.25, 0.3) is 0 Å². The van der Waals surface area contributed by atoms with Crippen LogP contribution in [-0.2, 0) is 14.3 Å². The number of esters is 1. The summed E-state index contributed by atoms with van der Waals surface area (Å²) in [6, 6.07) is 0. The molecule has 2 heterocycles. The second-order valence-corrected chi connectivity index (χ2v) is 13.9. The van der Waals surface area contributed by atoms with Gasteiger partial charge in [0.05, 0.1) is 42.7 Å². The maximum atomic E-state index is 11.6. The molecule has 1 unspecified atom stereocenters. The summed E-state index contributed by atoms with van der Waals surface area (Å²) in [4.78, 5) is 11.6. The van der Waals surface area contributed by atoms with Crippen LogP contribution in [0.2, 0.25) is 0 Å². The lowest BCUT2D eigenvalue weighted by molar-refractivity contribution is -0.139. The summed E-state index contributed by atoms with van der Waals surface area (Å²) in [6.45, 7) is 4.07. The van der Waals surface area contributed by atoms with Gasteiger partial charge >= 0.3 is 5.97 Å². The van der Waals surface area contributed by atoms with Crippen LogP contribution in [0.15, 0.2) is 11.6 Å². The van der Waals surface area contributed by atoms with E-state index in [0.717, 1.165) is 69.8 Å². The second-order valence-electron chi connectivity index (χ2n) is 13.9. The topological polar surface area (TPSA) is 137 Å². The van der Waals surface area contributed by atoms with Gasteiger partial charge in [0.2, 0.25) is 0 Å². The van der Waals surface area contributed by atoms with Gasteiger partial charge in [-0.05, 0) is 83.6 Å². The first-order valence-corrected chi connectivity index (χ1v) is 18.7. The third-order valence-electron chi connectivity index (χ3n) is 9.76. The van der Waals surface area contributed by atoms with E-state index in [9.17, 15) is 30.3 Å². The fraction of sp³-hybridized carbons (Fsp3) is 0.919. The quantitative estimate of drug-likeness (QED) is 0.0465. The van der Waals surface area contributed by atoms with E-state index in [1.165, 1.54) is 44.9 Å². The van der Waals surface area contributed by atoms with Crippen molar-refractivity contribution in [1.29, 1.82) is 0 Å². The Bertz CT molecular complexity index is 788. The molecule has 5 N–H and O–H groups in total. The van der Waals surface area contributed by atoms with Crippen LogP contribution in [-0.4, -0.2) is 80.3 Å². The highest BCUT2D eigenvalue weighted by Crippen LogP contribution is 2.29. The minimum absolute atomic E-state index is 0.0689. The van der Waals surface area contributed by atoms with Crippen molar-refractivity contribution in [3.63, 3.8) is 0 Å². The van der Waals surface area contributed by atoms with Crippen molar-refractivity contribution < 1.29 is 39.8 Å². The molecule has 264 valence electrons. The third kappa shape index (κ3) is 17.6. The minimum atomic E-state index is -0.852. The molecule has 8 heteroatoms. The first-order chi connectivity index (χ1) is 21.7. The zero-order valence-electron chi connectivity index (χ0n) is 28.6. The molecule has 2 rings (SSSR count). The highest BCUT2D eigenvalue weighted by Gasteiger charge is 2.34. The van der Waals surface area contributed by atoms with Gasteiger partial charge in [-0.15, -0.1) is 0 Å². The predicted octanol–water partition coefficient (Wildman–Crippen LogP) is 6.81. The van der Waals surface area contributed by atoms with Gasteiger partial charge in [0.1, 0.15) is 6.10 Å². The van der Waals surface area contributed by atoms with Crippen LogP contribution in [0.4, 0.5) is 0 Å². The van der Waals surface area contributed by atoms with E-state index in [2.05, 4.69) is 6.92 Å². The molecule has 0 aliphatic carbocycles. The molecule has 8 nitrogen and oxygen atoms in total. The summed E-state index contributed by atoms with van der Waals surface area (Å²) in [5.74, 6) is -0.142. The number of rotatable bonds is 28. The normalized spacial score (nSPS) is 23.5. The Morgan fingerprint density at radius 2 is 1.16 bits per heavy atom. The average Bonchev–Trinajstić information content (AvgIpc) is 3.64. The van der Waals surface area contributed by atoms with Gasteiger partial charge in [-0.25, -0.2) is 4.79 Å². The molecule has 0 radical (unpaired) electrons. The second kappa shape index (κ2) is 24.2. The summed E-state index contributed by atoms with van der Waals surface area (Å²) in [5, 5.41) is 52.2. The van der Waals surface area contributed by atoms with Gasteiger partial charge in [0.25, 0.3) is 0 Å². The molecule has 0 aromatic rings. The Balaban J connectivity index is 1.41. The van der Waals surface area contributed by atoms with Crippen molar-refractivity contribution in [3.05, 3.63) is 11.6 Å². The largest absolute Gasteiger partial charge is 0.455 e. The summed E-state index contributed by atoms with van der Waals surface area (Å²) < 4.78 is 11.1. The first kappa shape index (κ1) is 40.1. The maximum Gasteiger partial charge on any atom is 0.334 e. The lowest BCUT2D eigenvalue weighted by Gasteiger charge is -2.24. The molecule has 1 saturated heterocycles. The van der Waals surface area contributed by atoms with Gasteiger partial charge in [0, 0.05) is 5.57 Å². The number of aliphatic hydroxyl groups excluding tert-OH is 5. The Kier molecular flexibility index (Phi) is 21.6. The highest BCUT2D eigenvalue weighted by molar-refractivity contribution is 5.90. The van der Waals surface area contributed by atoms with Gasteiger partial charge in [-0.3, -0.25) is 0 Å². The van der Waals surface area contributed by atoms with E-state index in [1.807, 2.05) is 13.0 Å². The minimum Gasteiger partial charge on any atom is -0.455 e. The van der Waals surface area contributed by atoms with Crippen LogP contribution in [0, 0.1) is 0 Å². The van der Waals surface area contributed by atoms with Crippen LogP contribution in [0.1, 0.15) is 168 Å². The molecule has 0 saturated carbocycles. The number of unbranched alkanes of at least 4 members (excludes halogenated alkanes) is 12.